The zero-order chi connectivity index (χ0) is 19.9. The molecular formula is C18H30Br6O2. The first kappa shape index (κ1) is 28.4. The van der Waals surface area contributed by atoms with Gasteiger partial charge in [0.25, 0.3) is 0 Å². The van der Waals surface area contributed by atoms with E-state index in [1.165, 1.54) is 64.2 Å². The molecule has 0 aromatic carbocycles. The number of hydrogen-bond acceptors (Lipinski definition) is 1. The highest BCUT2D eigenvalue weighted by Gasteiger charge is 2.35. The van der Waals surface area contributed by atoms with Crippen molar-refractivity contribution in [2.24, 2.45) is 0 Å². The molecule has 0 aliphatic rings. The normalized spacial score (nSPS) is 17.5. The van der Waals surface area contributed by atoms with Crippen LogP contribution in [-0.4, -0.2) is 40.5 Å². The lowest BCUT2D eigenvalue weighted by Gasteiger charge is -2.27. The van der Waals surface area contributed by atoms with Gasteiger partial charge in [-0.25, -0.2) is 0 Å². The van der Waals surface area contributed by atoms with Crippen LogP contribution in [0.2, 0.25) is 0 Å². The number of carbonyl (C=O) groups is 1. The maximum atomic E-state index is 11.1. The summed E-state index contributed by atoms with van der Waals surface area (Å²) in [5.74, 6) is -0.856. The van der Waals surface area contributed by atoms with E-state index in [2.05, 4.69) is 95.6 Å². The zero-order valence-electron chi connectivity index (χ0n) is 15.0. The van der Waals surface area contributed by atoms with Crippen molar-refractivity contribution in [3.05, 3.63) is 0 Å². The molecule has 0 rings (SSSR count). The monoisotopic (exact) mass is 752 g/mol. The average Bonchev–Trinajstić information content (AvgIpc) is 2.63. The third kappa shape index (κ3) is 13.6. The second-order valence-corrected chi connectivity index (χ2v) is 12.7. The number of unbranched alkanes of at least 4 members (excludes halogenated alkanes) is 9. The van der Waals surface area contributed by atoms with Crippen molar-refractivity contribution in [2.45, 2.75) is 94.8 Å². The van der Waals surface area contributed by atoms with Crippen molar-refractivity contribution in [3.63, 3.8) is 0 Å². The Kier molecular flexibility index (Phi) is 19.8. The number of carboxylic acids is 1. The zero-order valence-corrected chi connectivity index (χ0v) is 24.5. The van der Waals surface area contributed by atoms with Crippen LogP contribution in [0.1, 0.15) is 70.6 Å². The van der Waals surface area contributed by atoms with Gasteiger partial charge in [0.1, 0.15) is 4.83 Å². The van der Waals surface area contributed by atoms with Crippen molar-refractivity contribution < 1.29 is 9.90 Å². The van der Waals surface area contributed by atoms with Crippen LogP contribution in [0.5, 0.6) is 0 Å². The minimum absolute atomic E-state index is 0.0110. The van der Waals surface area contributed by atoms with Crippen LogP contribution >= 0.6 is 95.6 Å². The molecule has 0 aliphatic carbocycles. The predicted molar refractivity (Wildman–Crippen MR) is 136 cm³/mol. The van der Waals surface area contributed by atoms with Gasteiger partial charge < -0.3 is 5.11 Å². The van der Waals surface area contributed by atoms with E-state index in [1.54, 1.807) is 0 Å². The summed E-state index contributed by atoms with van der Waals surface area (Å²) < 4.78 is 0. The highest BCUT2D eigenvalue weighted by molar-refractivity contribution is 9.15. The van der Waals surface area contributed by atoms with Crippen LogP contribution in [0.3, 0.4) is 0 Å². The van der Waals surface area contributed by atoms with Crippen molar-refractivity contribution in [2.75, 3.05) is 5.33 Å². The molecule has 0 bridgehead atoms. The fourth-order valence-electron chi connectivity index (χ4n) is 2.68. The van der Waals surface area contributed by atoms with Crippen LogP contribution < -0.4 is 0 Å². The largest absolute Gasteiger partial charge is 0.480 e. The molecule has 0 amide bonds. The molecule has 1 N–H and O–H groups in total. The van der Waals surface area contributed by atoms with Gasteiger partial charge in [0.15, 0.2) is 0 Å². The third-order valence-corrected chi connectivity index (χ3v) is 13.2. The summed E-state index contributed by atoms with van der Waals surface area (Å²) in [6.07, 6.45) is 14.4. The van der Waals surface area contributed by atoms with Gasteiger partial charge in [-0.05, 0) is 12.8 Å². The van der Waals surface area contributed by atoms with E-state index in [0.29, 0.717) is 4.83 Å². The highest BCUT2D eigenvalue weighted by atomic mass is 79.9. The van der Waals surface area contributed by atoms with Crippen LogP contribution in [0.25, 0.3) is 0 Å². The highest BCUT2D eigenvalue weighted by Crippen LogP contribution is 2.34. The summed E-state index contributed by atoms with van der Waals surface area (Å²) >= 11 is 21.3. The van der Waals surface area contributed by atoms with Gasteiger partial charge in [-0.3, -0.25) is 4.79 Å². The fourth-order valence-corrected chi connectivity index (χ4v) is 7.11. The Balaban J connectivity index is 3.75. The fraction of sp³-hybridized carbons (Fsp3) is 0.944. The number of alkyl halides is 6. The molecular weight excluding hydrogens is 728 g/mol. The summed E-state index contributed by atoms with van der Waals surface area (Å²) in [7, 11) is 0. The van der Waals surface area contributed by atoms with Gasteiger partial charge in [0.2, 0.25) is 0 Å². The smallest absolute Gasteiger partial charge is 0.318 e. The topological polar surface area (TPSA) is 37.3 Å². The van der Waals surface area contributed by atoms with Gasteiger partial charge in [-0.1, -0.05) is 153 Å². The Morgan fingerprint density at radius 1 is 0.654 bits per heavy atom. The number of rotatable bonds is 17. The van der Waals surface area contributed by atoms with Crippen molar-refractivity contribution in [1.82, 2.24) is 0 Å². The van der Waals surface area contributed by atoms with Gasteiger partial charge in [-0.15, -0.1) is 0 Å². The Hall–Kier alpha value is 2.35. The van der Waals surface area contributed by atoms with Gasteiger partial charge in [0, 0.05) is 19.8 Å². The Morgan fingerprint density at radius 3 is 1.50 bits per heavy atom. The van der Waals surface area contributed by atoms with Gasteiger partial charge >= 0.3 is 5.97 Å². The summed E-state index contributed by atoms with van der Waals surface area (Å²) in [6.45, 7) is 0. The molecule has 8 heteroatoms. The number of halogens is 6. The van der Waals surface area contributed by atoms with E-state index in [4.69, 9.17) is 5.11 Å². The molecule has 0 aliphatic heterocycles. The van der Waals surface area contributed by atoms with E-state index in [0.717, 1.165) is 11.8 Å². The molecule has 5 unspecified atom stereocenters. The average molecular weight is 758 g/mol. The molecule has 5 atom stereocenters. The molecule has 0 aromatic heterocycles. The number of hydrogen-bond donors (Lipinski definition) is 1. The lowest BCUT2D eigenvalue weighted by Crippen LogP contribution is -2.38. The summed E-state index contributed by atoms with van der Waals surface area (Å²) in [5, 5.41) is 10.2. The third-order valence-electron chi connectivity index (χ3n) is 4.33. The summed E-state index contributed by atoms with van der Waals surface area (Å²) in [5.41, 5.74) is 0. The predicted octanol–water partition coefficient (Wildman–Crippen LogP) is 8.57. The summed E-state index contributed by atoms with van der Waals surface area (Å²) in [6, 6.07) is 0. The van der Waals surface area contributed by atoms with E-state index in [1.807, 2.05) is 0 Å². The molecule has 26 heavy (non-hydrogen) atoms. The SMILES string of the molecule is O=C(O)C(Br)C(Br)C(Br)C(Br)C(Br)CCCCCCCCCCCCBr. The van der Waals surface area contributed by atoms with Crippen LogP contribution in [0, 0.1) is 0 Å². The molecule has 0 radical (unpaired) electrons. The second-order valence-electron chi connectivity index (χ2n) is 6.60. The molecule has 0 saturated heterocycles. The van der Waals surface area contributed by atoms with Gasteiger partial charge in [0.05, 0.1) is 4.83 Å². The van der Waals surface area contributed by atoms with Crippen molar-refractivity contribution in [1.29, 1.82) is 0 Å². The number of aliphatic carboxylic acids is 1. The van der Waals surface area contributed by atoms with E-state index in [9.17, 15) is 4.79 Å². The Bertz CT molecular complexity index is 359. The maximum absolute atomic E-state index is 11.1. The molecule has 0 heterocycles. The molecule has 0 saturated carbocycles. The van der Waals surface area contributed by atoms with E-state index in [-0.39, 0.29) is 14.5 Å². The Morgan fingerprint density at radius 2 is 1.08 bits per heavy atom. The lowest BCUT2D eigenvalue weighted by molar-refractivity contribution is -0.136. The first-order valence-corrected chi connectivity index (χ1v) is 15.0. The van der Waals surface area contributed by atoms with Crippen molar-refractivity contribution in [3.8, 4) is 0 Å². The first-order chi connectivity index (χ1) is 12.3. The molecule has 0 aromatic rings. The second kappa shape index (κ2) is 18.1. The maximum Gasteiger partial charge on any atom is 0.318 e. The van der Waals surface area contributed by atoms with Crippen molar-refractivity contribution >= 4 is 102 Å². The summed E-state index contributed by atoms with van der Waals surface area (Å²) in [4.78, 5) is 10.8. The van der Waals surface area contributed by atoms with Crippen LogP contribution in [-0.2, 0) is 4.79 Å². The molecule has 2 nitrogen and oxygen atoms in total. The Labute approximate surface area is 209 Å². The van der Waals surface area contributed by atoms with Crippen LogP contribution in [0.4, 0.5) is 0 Å². The molecule has 0 fully saturated rings. The minimum Gasteiger partial charge on any atom is -0.480 e. The quantitative estimate of drug-likeness (QED) is 0.119. The first-order valence-electron chi connectivity index (χ1n) is 9.32. The van der Waals surface area contributed by atoms with E-state index < -0.39 is 10.8 Å². The number of carboxylic acid groups (broad SMARTS) is 1. The van der Waals surface area contributed by atoms with E-state index >= 15 is 0 Å². The standard InChI is InChI=1S/C18H30Br6O2/c19-12-10-8-6-4-2-1-3-5-7-9-11-13(20)14(21)15(22)16(23)17(24)18(25)26/h13-17H,1-12H2,(H,25,26). The minimum atomic E-state index is -0.856. The molecule has 0 spiro atoms. The molecule has 156 valence electrons. The lowest BCUT2D eigenvalue weighted by atomic mass is 10.0. The van der Waals surface area contributed by atoms with Crippen LogP contribution in [0.15, 0.2) is 0 Å². The van der Waals surface area contributed by atoms with Gasteiger partial charge in [-0.2, -0.15) is 0 Å².